The fourth-order valence-corrected chi connectivity index (χ4v) is 0.992. The number of hydrogen-bond donors (Lipinski definition) is 1. The maximum atomic E-state index is 5.70. The predicted molar refractivity (Wildman–Crippen MR) is 52.6 cm³/mol. The van der Waals surface area contributed by atoms with Crippen LogP contribution in [-0.2, 0) is 0 Å². The number of nitrogens with zero attached hydrogens (tertiary/aromatic N) is 1. The molecule has 0 bridgehead atoms. The summed E-state index contributed by atoms with van der Waals surface area (Å²) in [6.07, 6.45) is 0.149. The molecule has 13 heavy (non-hydrogen) atoms. The van der Waals surface area contributed by atoms with Crippen molar-refractivity contribution >= 4 is 0 Å². The molecule has 1 aromatic rings. The molecule has 2 N–H and O–H groups in total. The summed E-state index contributed by atoms with van der Waals surface area (Å²) in [5.41, 5.74) is 6.55. The van der Waals surface area contributed by atoms with E-state index in [1.165, 1.54) is 0 Å². The lowest BCUT2D eigenvalue weighted by atomic mass is 10.2. The van der Waals surface area contributed by atoms with Crippen LogP contribution >= 0.6 is 0 Å². The van der Waals surface area contributed by atoms with Crippen molar-refractivity contribution in [2.45, 2.75) is 32.9 Å². The van der Waals surface area contributed by atoms with E-state index in [1.54, 1.807) is 0 Å². The molecule has 1 rings (SSSR count). The number of hydrogen-bond acceptors (Lipinski definition) is 3. The molecule has 0 fully saturated rings. The Balaban J connectivity index is 2.79. The van der Waals surface area contributed by atoms with Crippen molar-refractivity contribution in [2.24, 2.45) is 5.73 Å². The normalized spacial score (nSPS) is 13.0. The highest BCUT2D eigenvalue weighted by atomic mass is 16.5. The Morgan fingerprint density at radius 1 is 1.31 bits per heavy atom. The highest BCUT2D eigenvalue weighted by Gasteiger charge is 2.03. The van der Waals surface area contributed by atoms with Gasteiger partial charge in [0.25, 0.3) is 0 Å². The van der Waals surface area contributed by atoms with E-state index in [0.717, 1.165) is 5.69 Å². The average Bonchev–Trinajstić information content (AvgIpc) is 2.03. The smallest absolute Gasteiger partial charge is 0.213 e. The zero-order valence-electron chi connectivity index (χ0n) is 8.32. The van der Waals surface area contributed by atoms with Gasteiger partial charge in [0.2, 0.25) is 5.88 Å². The SMILES string of the molecule is CC(C)Oc1cccc([C@@H](C)N)n1. The van der Waals surface area contributed by atoms with Crippen LogP contribution in [0, 0.1) is 0 Å². The lowest BCUT2D eigenvalue weighted by Crippen LogP contribution is -2.11. The molecule has 0 aromatic carbocycles. The van der Waals surface area contributed by atoms with Crippen LogP contribution < -0.4 is 10.5 Å². The van der Waals surface area contributed by atoms with Gasteiger partial charge in [0.15, 0.2) is 0 Å². The Kier molecular flexibility index (Phi) is 3.25. The maximum absolute atomic E-state index is 5.70. The summed E-state index contributed by atoms with van der Waals surface area (Å²) in [5, 5.41) is 0. The molecule has 72 valence electrons. The minimum atomic E-state index is -0.0456. The third-order valence-electron chi connectivity index (χ3n) is 1.57. The van der Waals surface area contributed by atoms with Gasteiger partial charge in [0.05, 0.1) is 11.8 Å². The molecule has 0 aliphatic rings. The van der Waals surface area contributed by atoms with Crippen molar-refractivity contribution in [3.05, 3.63) is 23.9 Å². The van der Waals surface area contributed by atoms with E-state index in [9.17, 15) is 0 Å². The third-order valence-corrected chi connectivity index (χ3v) is 1.57. The van der Waals surface area contributed by atoms with Crippen molar-refractivity contribution in [2.75, 3.05) is 0 Å². The molecular weight excluding hydrogens is 164 g/mol. The van der Waals surface area contributed by atoms with Gasteiger partial charge in [-0.3, -0.25) is 0 Å². The summed E-state index contributed by atoms with van der Waals surface area (Å²) in [6, 6.07) is 5.60. The first-order valence-electron chi connectivity index (χ1n) is 4.49. The molecule has 3 nitrogen and oxygen atoms in total. The Hall–Kier alpha value is -1.09. The van der Waals surface area contributed by atoms with Crippen LogP contribution in [0.5, 0.6) is 5.88 Å². The molecular formula is C10H16N2O. The van der Waals surface area contributed by atoms with Crippen molar-refractivity contribution in [3.8, 4) is 5.88 Å². The third kappa shape index (κ3) is 3.03. The van der Waals surface area contributed by atoms with Gasteiger partial charge < -0.3 is 10.5 Å². The predicted octanol–water partition coefficient (Wildman–Crippen LogP) is 1.89. The molecule has 0 aliphatic carbocycles. The van der Waals surface area contributed by atoms with Gasteiger partial charge in [0, 0.05) is 12.1 Å². The summed E-state index contributed by atoms with van der Waals surface area (Å²) in [7, 11) is 0. The van der Waals surface area contributed by atoms with Crippen molar-refractivity contribution < 1.29 is 4.74 Å². The molecule has 1 heterocycles. The summed E-state index contributed by atoms with van der Waals surface area (Å²) in [6.45, 7) is 5.85. The number of aromatic nitrogens is 1. The topological polar surface area (TPSA) is 48.1 Å². The number of ether oxygens (including phenoxy) is 1. The van der Waals surface area contributed by atoms with Gasteiger partial charge in [0.1, 0.15) is 0 Å². The first-order valence-corrected chi connectivity index (χ1v) is 4.49. The second-order valence-electron chi connectivity index (χ2n) is 3.36. The zero-order chi connectivity index (χ0) is 9.84. The number of pyridine rings is 1. The lowest BCUT2D eigenvalue weighted by molar-refractivity contribution is 0.232. The van der Waals surface area contributed by atoms with E-state index in [0.29, 0.717) is 5.88 Å². The minimum Gasteiger partial charge on any atom is -0.475 e. The van der Waals surface area contributed by atoms with E-state index in [2.05, 4.69) is 4.98 Å². The molecule has 0 amide bonds. The lowest BCUT2D eigenvalue weighted by Gasteiger charge is -2.10. The average molecular weight is 180 g/mol. The molecule has 0 spiro atoms. The number of nitrogens with two attached hydrogens (primary N) is 1. The highest BCUT2D eigenvalue weighted by molar-refractivity contribution is 5.17. The van der Waals surface area contributed by atoms with Crippen LogP contribution in [0.2, 0.25) is 0 Å². The Bertz CT molecular complexity index is 271. The second-order valence-corrected chi connectivity index (χ2v) is 3.36. The fourth-order valence-electron chi connectivity index (χ4n) is 0.992. The van der Waals surface area contributed by atoms with Crippen LogP contribution in [-0.4, -0.2) is 11.1 Å². The molecule has 1 atom stereocenters. The largest absolute Gasteiger partial charge is 0.475 e. The molecule has 0 saturated heterocycles. The zero-order valence-corrected chi connectivity index (χ0v) is 8.32. The van der Waals surface area contributed by atoms with Crippen molar-refractivity contribution in [1.82, 2.24) is 4.98 Å². The van der Waals surface area contributed by atoms with E-state index in [4.69, 9.17) is 10.5 Å². The summed E-state index contributed by atoms with van der Waals surface area (Å²) in [4.78, 5) is 4.27. The van der Waals surface area contributed by atoms with Crippen molar-refractivity contribution in [3.63, 3.8) is 0 Å². The molecule has 0 aliphatic heterocycles. The van der Waals surface area contributed by atoms with E-state index in [1.807, 2.05) is 39.0 Å². The Labute approximate surface area is 78.9 Å². The fraction of sp³-hybridized carbons (Fsp3) is 0.500. The summed E-state index contributed by atoms with van der Waals surface area (Å²) in [5.74, 6) is 0.643. The van der Waals surface area contributed by atoms with Crippen LogP contribution in [0.1, 0.15) is 32.5 Å². The molecule has 0 saturated carbocycles. The van der Waals surface area contributed by atoms with Crippen LogP contribution in [0.15, 0.2) is 18.2 Å². The quantitative estimate of drug-likeness (QED) is 0.772. The minimum absolute atomic E-state index is 0.0456. The van der Waals surface area contributed by atoms with Crippen LogP contribution in [0.4, 0.5) is 0 Å². The monoisotopic (exact) mass is 180 g/mol. The van der Waals surface area contributed by atoms with E-state index >= 15 is 0 Å². The van der Waals surface area contributed by atoms with Gasteiger partial charge in [-0.2, -0.15) is 0 Å². The van der Waals surface area contributed by atoms with Gasteiger partial charge in [-0.25, -0.2) is 4.98 Å². The van der Waals surface area contributed by atoms with Gasteiger partial charge in [-0.05, 0) is 26.8 Å². The number of rotatable bonds is 3. The standard InChI is InChI=1S/C10H16N2O/c1-7(2)13-10-6-4-5-9(12-10)8(3)11/h4-8H,11H2,1-3H3/t8-/m1/s1. The van der Waals surface area contributed by atoms with Crippen molar-refractivity contribution in [1.29, 1.82) is 0 Å². The molecule has 1 aromatic heterocycles. The Morgan fingerprint density at radius 3 is 2.54 bits per heavy atom. The maximum Gasteiger partial charge on any atom is 0.213 e. The van der Waals surface area contributed by atoms with Gasteiger partial charge in [-0.1, -0.05) is 6.07 Å². The first-order chi connectivity index (χ1) is 6.09. The second kappa shape index (κ2) is 4.23. The molecule has 3 heteroatoms. The van der Waals surface area contributed by atoms with Crippen LogP contribution in [0.25, 0.3) is 0 Å². The van der Waals surface area contributed by atoms with Gasteiger partial charge in [-0.15, -0.1) is 0 Å². The first kappa shape index (κ1) is 9.99. The summed E-state index contributed by atoms with van der Waals surface area (Å²) >= 11 is 0. The van der Waals surface area contributed by atoms with E-state index < -0.39 is 0 Å². The Morgan fingerprint density at radius 2 is 2.00 bits per heavy atom. The van der Waals surface area contributed by atoms with E-state index in [-0.39, 0.29) is 12.1 Å². The summed E-state index contributed by atoms with van der Waals surface area (Å²) < 4.78 is 5.44. The van der Waals surface area contributed by atoms with Crippen LogP contribution in [0.3, 0.4) is 0 Å². The molecule has 0 unspecified atom stereocenters. The highest BCUT2D eigenvalue weighted by Crippen LogP contribution is 2.13. The molecule has 0 radical (unpaired) electrons. The van der Waals surface area contributed by atoms with Gasteiger partial charge >= 0.3 is 0 Å².